The monoisotopic (exact) mass is 436 g/mol. The number of nitrogens with zero attached hydrogens (tertiary/aromatic N) is 6. The molecule has 0 saturated carbocycles. The average Bonchev–Trinajstić information content (AvgIpc) is 3.38. The number of thioether (sulfide) groups is 1. The molecule has 2 amide bonds. The SMILES string of the molecule is O=C1NC(=O)C(=Cc2ccnc(N3CCC(CNc4ccc5nccn5n4)CC3)n2)S1. The Morgan fingerprint density at radius 1 is 1.16 bits per heavy atom. The van der Waals surface area contributed by atoms with Crippen LogP contribution in [0.5, 0.6) is 0 Å². The highest BCUT2D eigenvalue weighted by Gasteiger charge is 2.25. The number of imidazole rings is 1. The zero-order chi connectivity index (χ0) is 21.2. The Hall–Kier alpha value is -3.47. The van der Waals surface area contributed by atoms with E-state index < -0.39 is 0 Å². The standard InChI is InChI=1S/C20H20N8O2S/c29-18-15(31-20(30)25-18)11-14-3-6-22-19(24-14)27-8-4-13(5-9-27)12-23-16-1-2-17-21-7-10-28(17)26-16/h1-3,6-7,10-11,13H,4-5,8-9,12H2,(H,23,26)(H,25,29,30). The zero-order valence-corrected chi connectivity index (χ0v) is 17.4. The fraction of sp³-hybridized carbons (Fsp3) is 0.300. The summed E-state index contributed by atoms with van der Waals surface area (Å²) in [5.74, 6) is 1.63. The van der Waals surface area contributed by atoms with Crippen molar-refractivity contribution in [3.05, 3.63) is 47.4 Å². The number of amides is 2. The number of nitrogens with one attached hydrogen (secondary N) is 2. The van der Waals surface area contributed by atoms with E-state index >= 15 is 0 Å². The van der Waals surface area contributed by atoms with Crippen LogP contribution in [-0.4, -0.2) is 55.3 Å². The number of fused-ring (bicyclic) bond motifs is 1. The second kappa shape index (κ2) is 8.34. The van der Waals surface area contributed by atoms with E-state index in [1.807, 2.05) is 18.3 Å². The second-order valence-electron chi connectivity index (χ2n) is 7.39. The molecule has 0 spiro atoms. The third-order valence-corrected chi connectivity index (χ3v) is 6.12. The quantitative estimate of drug-likeness (QED) is 0.580. The van der Waals surface area contributed by atoms with E-state index in [9.17, 15) is 9.59 Å². The van der Waals surface area contributed by atoms with E-state index in [1.54, 1.807) is 29.1 Å². The van der Waals surface area contributed by atoms with Crippen molar-refractivity contribution in [3.8, 4) is 0 Å². The lowest BCUT2D eigenvalue weighted by atomic mass is 9.97. The Balaban J connectivity index is 1.17. The molecular weight excluding hydrogens is 416 g/mol. The smallest absolute Gasteiger partial charge is 0.290 e. The van der Waals surface area contributed by atoms with Crippen LogP contribution in [0.2, 0.25) is 0 Å². The van der Waals surface area contributed by atoms with Crippen LogP contribution in [0.4, 0.5) is 16.6 Å². The number of carbonyl (C=O) groups is 2. The van der Waals surface area contributed by atoms with Crippen LogP contribution >= 0.6 is 11.8 Å². The van der Waals surface area contributed by atoms with Crippen LogP contribution in [0.3, 0.4) is 0 Å². The van der Waals surface area contributed by atoms with Crippen LogP contribution in [0.1, 0.15) is 18.5 Å². The molecular formula is C20H20N8O2S. The van der Waals surface area contributed by atoms with Crippen molar-refractivity contribution in [1.29, 1.82) is 0 Å². The summed E-state index contributed by atoms with van der Waals surface area (Å²) in [7, 11) is 0. The van der Waals surface area contributed by atoms with E-state index in [1.165, 1.54) is 0 Å². The van der Waals surface area contributed by atoms with Crippen LogP contribution < -0.4 is 15.5 Å². The van der Waals surface area contributed by atoms with Crippen molar-refractivity contribution in [1.82, 2.24) is 29.9 Å². The van der Waals surface area contributed by atoms with Crippen molar-refractivity contribution >= 4 is 46.4 Å². The molecule has 3 aromatic heterocycles. The lowest BCUT2D eigenvalue weighted by Gasteiger charge is -2.32. The highest BCUT2D eigenvalue weighted by atomic mass is 32.2. The summed E-state index contributed by atoms with van der Waals surface area (Å²) in [5, 5.41) is 9.81. The van der Waals surface area contributed by atoms with Gasteiger partial charge in [0.15, 0.2) is 5.65 Å². The molecule has 0 bridgehead atoms. The van der Waals surface area contributed by atoms with Gasteiger partial charge in [-0.2, -0.15) is 0 Å². The molecule has 31 heavy (non-hydrogen) atoms. The molecule has 0 atom stereocenters. The molecule has 0 aliphatic carbocycles. The minimum Gasteiger partial charge on any atom is -0.368 e. The van der Waals surface area contributed by atoms with Gasteiger partial charge in [-0.15, -0.1) is 5.10 Å². The predicted molar refractivity (Wildman–Crippen MR) is 118 cm³/mol. The van der Waals surface area contributed by atoms with Crippen LogP contribution in [0, 0.1) is 5.92 Å². The first-order chi connectivity index (χ1) is 15.1. The van der Waals surface area contributed by atoms with Gasteiger partial charge in [0.05, 0.1) is 10.6 Å². The van der Waals surface area contributed by atoms with Gasteiger partial charge in [-0.1, -0.05) is 0 Å². The molecule has 2 N–H and O–H groups in total. The Morgan fingerprint density at radius 3 is 2.84 bits per heavy atom. The minimum absolute atomic E-state index is 0.349. The number of aromatic nitrogens is 5. The van der Waals surface area contributed by atoms with Gasteiger partial charge in [0, 0.05) is 38.2 Å². The Morgan fingerprint density at radius 2 is 2.03 bits per heavy atom. The lowest BCUT2D eigenvalue weighted by Crippen LogP contribution is -2.37. The molecule has 11 heteroatoms. The molecule has 0 unspecified atom stereocenters. The summed E-state index contributed by atoms with van der Waals surface area (Å²) in [5.41, 5.74) is 1.44. The van der Waals surface area contributed by atoms with E-state index in [4.69, 9.17) is 0 Å². The molecule has 158 valence electrons. The maximum Gasteiger partial charge on any atom is 0.290 e. The van der Waals surface area contributed by atoms with Gasteiger partial charge in [-0.05, 0) is 54.8 Å². The topological polar surface area (TPSA) is 117 Å². The Kier molecular flexibility index (Phi) is 5.24. The van der Waals surface area contributed by atoms with Crippen LogP contribution in [0.25, 0.3) is 11.7 Å². The number of rotatable bonds is 5. The summed E-state index contributed by atoms with van der Waals surface area (Å²) in [6.45, 7) is 2.57. The first-order valence-corrected chi connectivity index (χ1v) is 10.8. The van der Waals surface area contributed by atoms with Gasteiger partial charge in [-0.25, -0.2) is 19.5 Å². The third kappa shape index (κ3) is 4.36. The van der Waals surface area contributed by atoms with Crippen LogP contribution in [0.15, 0.2) is 41.7 Å². The van der Waals surface area contributed by atoms with Gasteiger partial charge in [0.2, 0.25) is 5.95 Å². The van der Waals surface area contributed by atoms with E-state index in [-0.39, 0.29) is 11.1 Å². The molecule has 3 aromatic rings. The van der Waals surface area contributed by atoms with Crippen molar-refractivity contribution < 1.29 is 9.59 Å². The normalized spacial score (nSPS) is 18.7. The summed E-state index contributed by atoms with van der Waals surface area (Å²) in [4.78, 5) is 38.7. The van der Waals surface area contributed by atoms with Crippen LogP contribution in [-0.2, 0) is 4.79 Å². The van der Waals surface area contributed by atoms with Gasteiger partial charge in [0.1, 0.15) is 5.82 Å². The number of anilines is 2. The molecule has 10 nitrogen and oxygen atoms in total. The van der Waals surface area contributed by atoms with E-state index in [0.717, 1.165) is 55.7 Å². The van der Waals surface area contributed by atoms with E-state index in [2.05, 4.69) is 35.6 Å². The lowest BCUT2D eigenvalue weighted by molar-refractivity contribution is -0.115. The van der Waals surface area contributed by atoms with Gasteiger partial charge in [0.25, 0.3) is 11.1 Å². The number of hydrogen-bond donors (Lipinski definition) is 2. The molecule has 2 aliphatic rings. The maximum atomic E-state index is 11.7. The first kappa shape index (κ1) is 19.5. The molecule has 0 radical (unpaired) electrons. The number of hydrogen-bond acceptors (Lipinski definition) is 9. The highest BCUT2D eigenvalue weighted by molar-refractivity contribution is 8.18. The largest absolute Gasteiger partial charge is 0.368 e. The molecule has 2 saturated heterocycles. The molecule has 2 aliphatic heterocycles. The summed E-state index contributed by atoms with van der Waals surface area (Å²) in [6.07, 6.45) is 8.90. The summed E-state index contributed by atoms with van der Waals surface area (Å²) < 4.78 is 1.76. The van der Waals surface area contributed by atoms with E-state index in [0.29, 0.717) is 22.5 Å². The summed E-state index contributed by atoms with van der Waals surface area (Å²) in [6, 6.07) is 5.62. The number of carbonyl (C=O) groups excluding carboxylic acids is 2. The fourth-order valence-electron chi connectivity index (χ4n) is 3.65. The minimum atomic E-state index is -0.384. The first-order valence-electron chi connectivity index (χ1n) is 10.0. The second-order valence-corrected chi connectivity index (χ2v) is 8.41. The Labute approximate surface area is 182 Å². The number of piperidine rings is 1. The van der Waals surface area contributed by atoms with Crippen molar-refractivity contribution in [3.63, 3.8) is 0 Å². The fourth-order valence-corrected chi connectivity index (χ4v) is 4.31. The number of imide groups is 1. The Bertz CT molecular complexity index is 1170. The maximum absolute atomic E-state index is 11.7. The zero-order valence-electron chi connectivity index (χ0n) is 16.6. The summed E-state index contributed by atoms with van der Waals surface area (Å²) >= 11 is 0.885. The predicted octanol–water partition coefficient (Wildman–Crippen LogP) is 2.17. The molecule has 5 rings (SSSR count). The third-order valence-electron chi connectivity index (χ3n) is 5.31. The molecule has 0 aromatic carbocycles. The van der Waals surface area contributed by atoms with Gasteiger partial charge < -0.3 is 10.2 Å². The van der Waals surface area contributed by atoms with Gasteiger partial charge >= 0.3 is 0 Å². The van der Waals surface area contributed by atoms with Crippen molar-refractivity contribution in [2.75, 3.05) is 29.9 Å². The average molecular weight is 437 g/mol. The van der Waals surface area contributed by atoms with Crippen molar-refractivity contribution in [2.45, 2.75) is 12.8 Å². The molecule has 5 heterocycles. The highest BCUT2D eigenvalue weighted by Crippen LogP contribution is 2.26. The van der Waals surface area contributed by atoms with Crippen molar-refractivity contribution in [2.24, 2.45) is 5.92 Å². The molecule has 2 fully saturated rings. The van der Waals surface area contributed by atoms with Gasteiger partial charge in [-0.3, -0.25) is 14.9 Å².